The molecule has 0 saturated heterocycles. The average Bonchev–Trinajstić information content (AvgIpc) is 2.14. The van der Waals surface area contributed by atoms with Gasteiger partial charge in [-0.3, -0.25) is 0 Å². The number of halogens is 1. The lowest BCUT2D eigenvalue weighted by Gasteiger charge is -2.69. The number of hydrogen-bond acceptors (Lipinski definition) is 0. The fourth-order valence-electron chi connectivity index (χ4n) is 9.01. The Kier molecular flexibility index (Phi) is 7.48. The molecule has 0 aromatic rings. The van der Waals surface area contributed by atoms with Gasteiger partial charge < -0.3 is 4.11 Å². The van der Waals surface area contributed by atoms with Crippen LogP contribution in [0.5, 0.6) is 0 Å². The van der Waals surface area contributed by atoms with Crippen molar-refractivity contribution in [2.24, 2.45) is 0 Å². The van der Waals surface area contributed by atoms with Gasteiger partial charge in [0.15, 0.2) is 0 Å². The molecule has 0 aromatic carbocycles. The first-order valence-corrected chi connectivity index (χ1v) is 18.6. The SMILES string of the molecule is CC(C)(C)[Si]([Si](F)[Si](C(C)(C)C)(C(C)(C)C)C(C)(C)C)(C(C)(C)C)C(C)(C)C. The van der Waals surface area contributed by atoms with Gasteiger partial charge >= 0.3 is 0 Å². The van der Waals surface area contributed by atoms with E-state index in [1.165, 1.54) is 0 Å². The zero-order chi connectivity index (χ0) is 23.6. The van der Waals surface area contributed by atoms with Gasteiger partial charge in [-0.15, -0.1) is 0 Å². The summed E-state index contributed by atoms with van der Waals surface area (Å²) in [6, 6.07) is 0. The van der Waals surface area contributed by atoms with E-state index in [-0.39, 0.29) is 30.2 Å². The average molecular weight is 446 g/mol. The molecule has 0 N–H and O–H groups in total. The predicted octanol–water partition coefficient (Wildman–Crippen LogP) is 9.80. The molecule has 0 fully saturated rings. The van der Waals surface area contributed by atoms with Crippen LogP contribution in [0.4, 0.5) is 4.11 Å². The third-order valence-corrected chi connectivity index (χ3v) is 46.4. The maximum absolute atomic E-state index is 18.2. The van der Waals surface area contributed by atoms with Gasteiger partial charge in [0, 0.05) is 0 Å². The van der Waals surface area contributed by atoms with E-state index < -0.39 is 23.3 Å². The lowest BCUT2D eigenvalue weighted by molar-refractivity contribution is 0.532. The van der Waals surface area contributed by atoms with Crippen molar-refractivity contribution in [2.45, 2.75) is 155 Å². The fourth-order valence-corrected chi connectivity index (χ4v) is 65.9. The summed E-state index contributed by atoms with van der Waals surface area (Å²) in [4.78, 5) is 0. The molecule has 0 aromatic heterocycles. The molecule has 0 aliphatic heterocycles. The van der Waals surface area contributed by atoms with Crippen molar-refractivity contribution in [3.8, 4) is 0 Å². The van der Waals surface area contributed by atoms with Crippen LogP contribution in [0.25, 0.3) is 0 Å². The van der Waals surface area contributed by atoms with E-state index in [1.54, 1.807) is 0 Å². The van der Waals surface area contributed by atoms with Crippen LogP contribution in [0.3, 0.4) is 0 Å². The molecular formula is C24H54FSi3. The van der Waals surface area contributed by atoms with Crippen LogP contribution in [-0.4, -0.2) is 23.3 Å². The fraction of sp³-hybridized carbons (Fsp3) is 1.00. The van der Waals surface area contributed by atoms with Gasteiger partial charge in [0.2, 0.25) is 8.17 Å². The number of rotatable bonds is 2. The summed E-state index contributed by atoms with van der Waals surface area (Å²) >= 11 is 0. The molecule has 0 heterocycles. The second-order valence-corrected chi connectivity index (χ2v) is 36.6. The largest absolute Gasteiger partial charge is 0.322 e. The molecule has 169 valence electrons. The molecule has 0 spiro atoms. The lowest BCUT2D eigenvalue weighted by atomic mass is 10.2. The second kappa shape index (κ2) is 7.32. The van der Waals surface area contributed by atoms with Crippen molar-refractivity contribution in [3.05, 3.63) is 0 Å². The minimum absolute atomic E-state index is 0.00649. The van der Waals surface area contributed by atoms with Crippen LogP contribution in [-0.2, 0) is 0 Å². The van der Waals surface area contributed by atoms with Crippen molar-refractivity contribution in [1.82, 2.24) is 0 Å². The summed E-state index contributed by atoms with van der Waals surface area (Å²) in [7, 11) is -7.09. The van der Waals surface area contributed by atoms with Crippen molar-refractivity contribution in [1.29, 1.82) is 0 Å². The van der Waals surface area contributed by atoms with Crippen LogP contribution in [0.15, 0.2) is 0 Å². The van der Waals surface area contributed by atoms with Gasteiger partial charge in [-0.25, -0.2) is 0 Å². The standard InChI is InChI=1S/C24H54FSi3/c1-19(2,3)27(20(4,5)6,21(7,8)9)26(25)28(22(10,11)12,23(13,14)15)24(16,17)18/h1-18H3. The maximum atomic E-state index is 18.2. The molecule has 1 radical (unpaired) electrons. The molecule has 0 nitrogen and oxygen atoms in total. The van der Waals surface area contributed by atoms with E-state index in [0.717, 1.165) is 0 Å². The van der Waals surface area contributed by atoms with Gasteiger partial charge in [0.25, 0.3) is 0 Å². The van der Waals surface area contributed by atoms with Crippen LogP contribution >= 0.6 is 0 Å². The van der Waals surface area contributed by atoms with Crippen LogP contribution in [0.2, 0.25) is 30.2 Å². The highest BCUT2D eigenvalue weighted by molar-refractivity contribution is 7.62. The third kappa shape index (κ3) is 3.92. The van der Waals surface area contributed by atoms with Crippen LogP contribution in [0, 0.1) is 0 Å². The predicted molar refractivity (Wildman–Crippen MR) is 137 cm³/mol. The van der Waals surface area contributed by atoms with Crippen molar-refractivity contribution in [3.63, 3.8) is 0 Å². The third-order valence-electron chi connectivity index (χ3n) is 7.41. The van der Waals surface area contributed by atoms with Gasteiger partial charge in [-0.2, -0.15) is 0 Å². The molecular weight excluding hydrogens is 392 g/mol. The van der Waals surface area contributed by atoms with E-state index in [9.17, 15) is 0 Å². The zero-order valence-electron chi connectivity index (χ0n) is 22.9. The highest BCUT2D eigenvalue weighted by Gasteiger charge is 2.77. The summed E-state index contributed by atoms with van der Waals surface area (Å²) in [6.07, 6.45) is 0. The molecule has 0 unspecified atom stereocenters. The molecule has 28 heavy (non-hydrogen) atoms. The highest BCUT2D eigenvalue weighted by atomic mass is 29.6. The molecule has 0 atom stereocenters. The summed E-state index contributed by atoms with van der Waals surface area (Å²) in [5, 5.41) is 0.0390. The first kappa shape index (κ1) is 28.6. The summed E-state index contributed by atoms with van der Waals surface area (Å²) in [5.74, 6) is 0. The van der Waals surface area contributed by atoms with Gasteiger partial charge in [-0.05, 0) is 30.2 Å². The van der Waals surface area contributed by atoms with Gasteiger partial charge in [-0.1, -0.05) is 125 Å². The minimum atomic E-state index is -2.47. The Morgan fingerprint density at radius 1 is 0.357 bits per heavy atom. The zero-order valence-corrected chi connectivity index (χ0v) is 25.9. The molecule has 0 bridgehead atoms. The summed E-state index contributed by atoms with van der Waals surface area (Å²) in [5.41, 5.74) is 0. The van der Waals surface area contributed by atoms with E-state index in [2.05, 4.69) is 125 Å². The first-order chi connectivity index (χ1) is 11.7. The molecule has 4 heteroatoms. The highest BCUT2D eigenvalue weighted by Crippen LogP contribution is 2.71. The molecule has 0 rings (SSSR count). The van der Waals surface area contributed by atoms with E-state index in [1.807, 2.05) is 0 Å². The van der Waals surface area contributed by atoms with Crippen LogP contribution < -0.4 is 0 Å². The first-order valence-electron chi connectivity index (χ1n) is 11.2. The smallest absolute Gasteiger partial charge is 0.243 e. The Balaban J connectivity index is 7.83. The normalized spacial score (nSPS) is 16.7. The lowest BCUT2D eigenvalue weighted by Crippen LogP contribution is -2.81. The van der Waals surface area contributed by atoms with E-state index in [4.69, 9.17) is 0 Å². The molecule has 0 saturated carbocycles. The van der Waals surface area contributed by atoms with Crippen molar-refractivity contribution >= 4 is 23.3 Å². The Bertz CT molecular complexity index is 415. The molecule has 0 aliphatic carbocycles. The summed E-state index contributed by atoms with van der Waals surface area (Å²) in [6.45, 7) is 42.6. The van der Waals surface area contributed by atoms with Crippen molar-refractivity contribution < 1.29 is 4.11 Å². The van der Waals surface area contributed by atoms with E-state index >= 15 is 4.11 Å². The monoisotopic (exact) mass is 445 g/mol. The van der Waals surface area contributed by atoms with Crippen LogP contribution in [0.1, 0.15) is 125 Å². The van der Waals surface area contributed by atoms with Gasteiger partial charge in [0.05, 0.1) is 15.2 Å². The minimum Gasteiger partial charge on any atom is -0.322 e. The summed E-state index contributed by atoms with van der Waals surface area (Å²) < 4.78 is 18.2. The quantitative estimate of drug-likeness (QED) is 0.293. The van der Waals surface area contributed by atoms with Gasteiger partial charge in [0.1, 0.15) is 0 Å². The Morgan fingerprint density at radius 2 is 0.464 bits per heavy atom. The molecule has 0 aliphatic rings. The van der Waals surface area contributed by atoms with Crippen molar-refractivity contribution in [2.75, 3.05) is 0 Å². The Labute approximate surface area is 182 Å². The van der Waals surface area contributed by atoms with E-state index in [0.29, 0.717) is 0 Å². The number of hydrogen-bond donors (Lipinski definition) is 0. The second-order valence-electron chi connectivity index (χ2n) is 15.3. The topological polar surface area (TPSA) is 0 Å². The maximum Gasteiger partial charge on any atom is 0.243 e. The Hall–Kier alpha value is 0.581. The molecule has 0 amide bonds. The Morgan fingerprint density at radius 3 is 0.536 bits per heavy atom.